The van der Waals surface area contributed by atoms with Gasteiger partial charge in [0.2, 0.25) is 0 Å². The van der Waals surface area contributed by atoms with E-state index in [1.807, 2.05) is 0 Å². The third-order valence-corrected chi connectivity index (χ3v) is 2.91. The zero-order valence-corrected chi connectivity index (χ0v) is 12.1. The largest absolute Gasteiger partial charge is 0.347 e. The lowest BCUT2D eigenvalue weighted by molar-refractivity contribution is -0.386. The van der Waals surface area contributed by atoms with Crippen molar-refractivity contribution in [3.8, 4) is 0 Å². The molecule has 11 heteroatoms. The highest BCUT2D eigenvalue weighted by molar-refractivity contribution is 5.89. The number of aryl methyl sites for hydroxylation is 1. The molecule has 0 aromatic carbocycles. The summed E-state index contributed by atoms with van der Waals surface area (Å²) in [4.78, 5) is 26.0. The first-order chi connectivity index (χ1) is 10.4. The van der Waals surface area contributed by atoms with Gasteiger partial charge >= 0.3 is 17.5 Å². The third-order valence-electron chi connectivity index (χ3n) is 2.91. The van der Waals surface area contributed by atoms with Gasteiger partial charge in [-0.05, 0) is 13.8 Å². The van der Waals surface area contributed by atoms with Crippen LogP contribution in [0.1, 0.15) is 27.9 Å². The minimum absolute atomic E-state index is 0.0515. The molecule has 0 aliphatic carbocycles. The SMILES string of the molecule is Cc1nn(Cc2noc(C(=O)NCCN)n2)c(C)c1[N+](=O)[O-]. The molecule has 0 atom stereocenters. The molecule has 3 N–H and O–H groups in total. The van der Waals surface area contributed by atoms with Crippen molar-refractivity contribution in [1.29, 1.82) is 0 Å². The van der Waals surface area contributed by atoms with E-state index in [1.54, 1.807) is 13.8 Å². The fraction of sp³-hybridized carbons (Fsp3) is 0.455. The molecule has 2 heterocycles. The molecule has 0 saturated carbocycles. The van der Waals surface area contributed by atoms with Gasteiger partial charge in [-0.15, -0.1) is 0 Å². The Labute approximate surface area is 124 Å². The number of carbonyl (C=O) groups is 1. The summed E-state index contributed by atoms with van der Waals surface area (Å²) in [6.45, 7) is 3.77. The maximum absolute atomic E-state index is 11.6. The first-order valence-corrected chi connectivity index (χ1v) is 6.43. The van der Waals surface area contributed by atoms with Gasteiger partial charge in [0.25, 0.3) is 0 Å². The number of aromatic nitrogens is 4. The van der Waals surface area contributed by atoms with Gasteiger partial charge in [-0.25, -0.2) is 0 Å². The Kier molecular flexibility index (Phi) is 4.46. The lowest BCUT2D eigenvalue weighted by atomic mass is 10.3. The number of nitrogens with zero attached hydrogens (tertiary/aromatic N) is 5. The van der Waals surface area contributed by atoms with Crippen LogP contribution in [0, 0.1) is 24.0 Å². The zero-order valence-electron chi connectivity index (χ0n) is 12.1. The Morgan fingerprint density at radius 3 is 2.82 bits per heavy atom. The van der Waals surface area contributed by atoms with Crippen LogP contribution in [0.25, 0.3) is 0 Å². The molecule has 22 heavy (non-hydrogen) atoms. The van der Waals surface area contributed by atoms with Gasteiger partial charge in [0.15, 0.2) is 5.82 Å². The quantitative estimate of drug-likeness (QED) is 0.535. The van der Waals surface area contributed by atoms with E-state index in [9.17, 15) is 14.9 Å². The highest BCUT2D eigenvalue weighted by atomic mass is 16.6. The summed E-state index contributed by atoms with van der Waals surface area (Å²) in [5.41, 5.74) is 5.89. The van der Waals surface area contributed by atoms with Crippen LogP contribution in [0.15, 0.2) is 4.52 Å². The minimum atomic E-state index is -0.524. The predicted molar refractivity (Wildman–Crippen MR) is 73.1 cm³/mol. The second-order valence-corrected chi connectivity index (χ2v) is 4.49. The van der Waals surface area contributed by atoms with Gasteiger partial charge in [0, 0.05) is 13.1 Å². The fourth-order valence-electron chi connectivity index (χ4n) is 1.91. The summed E-state index contributed by atoms with van der Waals surface area (Å²) in [7, 11) is 0. The monoisotopic (exact) mass is 309 g/mol. The smallest absolute Gasteiger partial charge is 0.316 e. The van der Waals surface area contributed by atoms with Crippen molar-refractivity contribution in [3.63, 3.8) is 0 Å². The van der Waals surface area contributed by atoms with Gasteiger partial charge in [-0.1, -0.05) is 5.16 Å². The Morgan fingerprint density at radius 1 is 1.50 bits per heavy atom. The molecule has 0 unspecified atom stereocenters. The van der Waals surface area contributed by atoms with Crippen molar-refractivity contribution >= 4 is 11.6 Å². The molecule has 0 saturated heterocycles. The molecule has 0 radical (unpaired) electrons. The average Bonchev–Trinajstić information content (AvgIpc) is 3.02. The van der Waals surface area contributed by atoms with Gasteiger partial charge < -0.3 is 15.6 Å². The van der Waals surface area contributed by atoms with Crippen molar-refractivity contribution in [3.05, 3.63) is 33.2 Å². The number of carbonyl (C=O) groups excluding carboxylic acids is 1. The predicted octanol–water partition coefficient (Wildman–Crippen LogP) is -0.472. The molecule has 2 aromatic rings. The van der Waals surface area contributed by atoms with Crippen LogP contribution in [0.4, 0.5) is 5.69 Å². The second-order valence-electron chi connectivity index (χ2n) is 4.49. The molecule has 2 aromatic heterocycles. The molecule has 2 rings (SSSR count). The first-order valence-electron chi connectivity index (χ1n) is 6.43. The lowest BCUT2D eigenvalue weighted by Crippen LogP contribution is -2.29. The molecule has 0 aliphatic rings. The van der Waals surface area contributed by atoms with E-state index < -0.39 is 10.8 Å². The van der Waals surface area contributed by atoms with E-state index in [2.05, 4.69) is 20.6 Å². The standard InChI is InChI=1S/C11H15N7O4/c1-6-9(18(20)21)7(2)17(15-6)5-8-14-11(22-16-8)10(19)13-4-3-12/h3-5,12H2,1-2H3,(H,13,19). The number of nitro groups is 1. The number of nitrogens with one attached hydrogen (secondary N) is 1. The topological polar surface area (TPSA) is 155 Å². The zero-order chi connectivity index (χ0) is 16.3. The van der Waals surface area contributed by atoms with Crippen LogP contribution in [0.2, 0.25) is 0 Å². The third kappa shape index (κ3) is 3.09. The van der Waals surface area contributed by atoms with Crippen molar-refractivity contribution in [2.75, 3.05) is 13.1 Å². The maximum atomic E-state index is 11.6. The van der Waals surface area contributed by atoms with Crippen LogP contribution in [-0.4, -0.2) is 43.8 Å². The molecule has 0 spiro atoms. The maximum Gasteiger partial charge on any atom is 0.316 e. The van der Waals surface area contributed by atoms with Crippen LogP contribution in [0.5, 0.6) is 0 Å². The van der Waals surface area contributed by atoms with Crippen molar-refractivity contribution in [2.24, 2.45) is 5.73 Å². The van der Waals surface area contributed by atoms with Crippen LogP contribution in [-0.2, 0) is 6.54 Å². The lowest BCUT2D eigenvalue weighted by Gasteiger charge is -1.98. The summed E-state index contributed by atoms with van der Waals surface area (Å²) >= 11 is 0. The van der Waals surface area contributed by atoms with E-state index in [4.69, 9.17) is 10.3 Å². The number of nitrogens with two attached hydrogens (primary N) is 1. The highest BCUT2D eigenvalue weighted by Crippen LogP contribution is 2.22. The Bertz CT molecular complexity index is 705. The molecular formula is C11H15N7O4. The second kappa shape index (κ2) is 6.30. The molecule has 0 fully saturated rings. The van der Waals surface area contributed by atoms with Gasteiger partial charge in [-0.3, -0.25) is 19.6 Å². The van der Waals surface area contributed by atoms with Crippen molar-refractivity contribution in [2.45, 2.75) is 20.4 Å². The number of rotatable bonds is 6. The first kappa shape index (κ1) is 15.6. The molecule has 118 valence electrons. The van der Waals surface area contributed by atoms with Gasteiger partial charge in [0.1, 0.15) is 17.9 Å². The summed E-state index contributed by atoms with van der Waals surface area (Å²) < 4.78 is 6.22. The fourth-order valence-corrected chi connectivity index (χ4v) is 1.91. The Balaban J connectivity index is 2.15. The molecule has 0 bridgehead atoms. The van der Waals surface area contributed by atoms with Crippen LogP contribution in [0.3, 0.4) is 0 Å². The van der Waals surface area contributed by atoms with Crippen molar-refractivity contribution < 1.29 is 14.2 Å². The summed E-state index contributed by atoms with van der Waals surface area (Å²) in [6.07, 6.45) is 0. The Hall–Kier alpha value is -2.82. The number of hydrogen-bond donors (Lipinski definition) is 2. The van der Waals surface area contributed by atoms with E-state index in [-0.39, 0.29) is 23.9 Å². The van der Waals surface area contributed by atoms with Crippen molar-refractivity contribution in [1.82, 2.24) is 25.2 Å². The minimum Gasteiger partial charge on any atom is -0.347 e. The summed E-state index contributed by atoms with van der Waals surface area (Å²) in [5, 5.41) is 21.2. The molecule has 11 nitrogen and oxygen atoms in total. The van der Waals surface area contributed by atoms with Crippen LogP contribution < -0.4 is 11.1 Å². The van der Waals surface area contributed by atoms with Crippen LogP contribution >= 0.6 is 0 Å². The van der Waals surface area contributed by atoms with E-state index >= 15 is 0 Å². The average molecular weight is 309 g/mol. The van der Waals surface area contributed by atoms with E-state index in [1.165, 1.54) is 4.68 Å². The number of hydrogen-bond acceptors (Lipinski definition) is 8. The molecule has 1 amide bonds. The number of amides is 1. The van der Waals surface area contributed by atoms with Gasteiger partial charge in [-0.2, -0.15) is 10.1 Å². The highest BCUT2D eigenvalue weighted by Gasteiger charge is 2.23. The van der Waals surface area contributed by atoms with Gasteiger partial charge in [0.05, 0.1) is 4.92 Å². The molecule has 0 aliphatic heterocycles. The Morgan fingerprint density at radius 2 is 2.23 bits per heavy atom. The summed E-state index contributed by atoms with van der Waals surface area (Å²) in [6, 6.07) is 0. The molecular weight excluding hydrogens is 294 g/mol. The normalized spacial score (nSPS) is 10.7. The summed E-state index contributed by atoms with van der Waals surface area (Å²) in [5.74, 6) is -0.526. The van der Waals surface area contributed by atoms with E-state index in [0.717, 1.165) is 0 Å². The van der Waals surface area contributed by atoms with E-state index in [0.29, 0.717) is 24.5 Å².